The Morgan fingerprint density at radius 1 is 1.16 bits per heavy atom. The molecule has 2 fully saturated rings. The fourth-order valence-electron chi connectivity index (χ4n) is 3.80. The smallest absolute Gasteiger partial charge is 0.264 e. The Morgan fingerprint density at radius 3 is 2.44 bits per heavy atom. The first-order valence-electron chi connectivity index (χ1n) is 9.35. The lowest BCUT2D eigenvalue weighted by molar-refractivity contribution is -0.134. The summed E-state index contributed by atoms with van der Waals surface area (Å²) in [5, 5.41) is 1.93. The van der Waals surface area contributed by atoms with E-state index in [9.17, 15) is 9.59 Å². The van der Waals surface area contributed by atoms with Crippen LogP contribution in [0, 0.1) is 5.92 Å². The van der Waals surface area contributed by atoms with E-state index in [-0.39, 0.29) is 11.8 Å². The lowest BCUT2D eigenvalue weighted by Crippen LogP contribution is -2.52. The van der Waals surface area contributed by atoms with Crippen LogP contribution in [0.15, 0.2) is 17.5 Å². The van der Waals surface area contributed by atoms with Crippen LogP contribution in [-0.4, -0.2) is 72.3 Å². The Hall–Kier alpha value is -1.40. The predicted octanol–water partition coefficient (Wildman–Crippen LogP) is 2.54. The van der Waals surface area contributed by atoms with Gasteiger partial charge in [-0.3, -0.25) is 14.5 Å². The highest BCUT2D eigenvalue weighted by Gasteiger charge is 2.28. The van der Waals surface area contributed by atoms with E-state index < -0.39 is 0 Å². The molecule has 0 N–H and O–H groups in total. The molecule has 1 saturated carbocycles. The van der Waals surface area contributed by atoms with Gasteiger partial charge < -0.3 is 9.80 Å². The van der Waals surface area contributed by atoms with Crippen LogP contribution < -0.4 is 0 Å². The summed E-state index contributed by atoms with van der Waals surface area (Å²) in [6, 6.07) is 4.20. The molecule has 1 aromatic heterocycles. The predicted molar refractivity (Wildman–Crippen MR) is 101 cm³/mol. The third-order valence-electron chi connectivity index (χ3n) is 5.68. The van der Waals surface area contributed by atoms with Crippen molar-refractivity contribution in [2.75, 3.05) is 39.8 Å². The zero-order chi connectivity index (χ0) is 17.8. The number of amides is 2. The van der Waals surface area contributed by atoms with E-state index in [1.807, 2.05) is 34.4 Å². The summed E-state index contributed by atoms with van der Waals surface area (Å²) in [5.74, 6) is 1.14. The van der Waals surface area contributed by atoms with Crippen molar-refractivity contribution in [3.8, 4) is 0 Å². The van der Waals surface area contributed by atoms with Crippen LogP contribution in [0.1, 0.15) is 42.3 Å². The molecule has 3 rings (SSSR count). The van der Waals surface area contributed by atoms with Crippen LogP contribution in [0.3, 0.4) is 0 Å². The van der Waals surface area contributed by atoms with Gasteiger partial charge in [-0.1, -0.05) is 13.0 Å². The third kappa shape index (κ3) is 4.61. The maximum absolute atomic E-state index is 12.6. The number of carbonyl (C=O) groups is 2. The second-order valence-corrected chi connectivity index (χ2v) is 8.41. The Kier molecular flexibility index (Phi) is 6.12. The molecular formula is C19H29N3O2S. The van der Waals surface area contributed by atoms with Crippen molar-refractivity contribution in [1.82, 2.24) is 14.7 Å². The largest absolute Gasteiger partial charge is 0.342 e. The minimum Gasteiger partial charge on any atom is -0.342 e. The molecular weight excluding hydrogens is 334 g/mol. The molecule has 0 spiro atoms. The maximum atomic E-state index is 12.6. The average molecular weight is 364 g/mol. The average Bonchev–Trinajstić information content (AvgIpc) is 3.16. The first kappa shape index (κ1) is 18.4. The van der Waals surface area contributed by atoms with Crippen molar-refractivity contribution in [3.05, 3.63) is 22.4 Å². The van der Waals surface area contributed by atoms with Gasteiger partial charge in [0, 0.05) is 39.3 Å². The number of thiophene rings is 1. The zero-order valence-electron chi connectivity index (χ0n) is 15.3. The highest BCUT2D eigenvalue weighted by atomic mass is 32.1. The minimum absolute atomic E-state index is 0.120. The van der Waals surface area contributed by atoms with Gasteiger partial charge in [0.05, 0.1) is 11.4 Å². The van der Waals surface area contributed by atoms with Crippen LogP contribution in [0.4, 0.5) is 0 Å². The van der Waals surface area contributed by atoms with E-state index in [1.54, 1.807) is 0 Å². The van der Waals surface area contributed by atoms with Gasteiger partial charge in [0.1, 0.15) is 0 Å². The maximum Gasteiger partial charge on any atom is 0.264 e. The number of piperazine rings is 1. The number of hydrogen-bond acceptors (Lipinski definition) is 4. The first-order valence-corrected chi connectivity index (χ1v) is 10.2. The highest BCUT2D eigenvalue weighted by Crippen LogP contribution is 2.26. The normalized spacial score (nSPS) is 25.0. The molecule has 0 atom stereocenters. The lowest BCUT2D eigenvalue weighted by atomic mass is 9.87. The van der Waals surface area contributed by atoms with E-state index in [1.165, 1.54) is 24.2 Å². The fourth-order valence-corrected chi connectivity index (χ4v) is 4.49. The summed E-state index contributed by atoms with van der Waals surface area (Å²) in [6.07, 6.45) is 4.72. The van der Waals surface area contributed by atoms with Crippen molar-refractivity contribution in [2.45, 2.75) is 38.6 Å². The molecule has 0 radical (unpaired) electrons. The number of rotatable bonds is 4. The second-order valence-electron chi connectivity index (χ2n) is 7.46. The molecule has 2 aliphatic rings. The van der Waals surface area contributed by atoms with Crippen molar-refractivity contribution >= 4 is 23.2 Å². The number of nitrogens with zero attached hydrogens (tertiary/aromatic N) is 3. The molecule has 0 aromatic carbocycles. The molecule has 138 valence electrons. The summed E-state index contributed by atoms with van der Waals surface area (Å²) in [5.41, 5.74) is 0. The van der Waals surface area contributed by atoms with Gasteiger partial charge in [0.25, 0.3) is 5.91 Å². The van der Waals surface area contributed by atoms with Gasteiger partial charge >= 0.3 is 0 Å². The van der Waals surface area contributed by atoms with Gasteiger partial charge in [0.2, 0.25) is 5.91 Å². The monoisotopic (exact) mass is 363 g/mol. The lowest BCUT2D eigenvalue weighted by Gasteiger charge is -2.37. The van der Waals surface area contributed by atoms with Crippen LogP contribution in [0.25, 0.3) is 0 Å². The molecule has 6 heteroatoms. The van der Waals surface area contributed by atoms with Crippen molar-refractivity contribution < 1.29 is 9.59 Å². The van der Waals surface area contributed by atoms with E-state index in [0.717, 1.165) is 36.7 Å². The summed E-state index contributed by atoms with van der Waals surface area (Å²) >= 11 is 1.49. The molecule has 5 nitrogen and oxygen atoms in total. The SMILES string of the molecule is CC1CCC(N(C)C(=O)CN2CCN(C(=O)c3cccs3)CC2)CC1. The third-order valence-corrected chi connectivity index (χ3v) is 6.53. The standard InChI is InChI=1S/C19H29N3O2S/c1-15-5-7-16(8-6-15)20(2)18(23)14-21-9-11-22(12-10-21)19(24)17-4-3-13-25-17/h3-4,13,15-16H,5-12,14H2,1-2H3. The van der Waals surface area contributed by atoms with Gasteiger partial charge in [-0.2, -0.15) is 0 Å². The summed E-state index contributed by atoms with van der Waals surface area (Å²) in [6.45, 7) is 5.73. The molecule has 0 unspecified atom stereocenters. The van der Waals surface area contributed by atoms with Gasteiger partial charge in [-0.25, -0.2) is 0 Å². The topological polar surface area (TPSA) is 43.9 Å². The minimum atomic E-state index is 0.120. The van der Waals surface area contributed by atoms with Gasteiger partial charge in [0.15, 0.2) is 0 Å². The number of carbonyl (C=O) groups excluding carboxylic acids is 2. The molecule has 25 heavy (non-hydrogen) atoms. The van der Waals surface area contributed by atoms with E-state index in [4.69, 9.17) is 0 Å². The molecule has 1 aliphatic heterocycles. The van der Waals surface area contributed by atoms with Crippen molar-refractivity contribution in [2.24, 2.45) is 5.92 Å². The number of hydrogen-bond donors (Lipinski definition) is 0. The van der Waals surface area contributed by atoms with Crippen molar-refractivity contribution in [3.63, 3.8) is 0 Å². The summed E-state index contributed by atoms with van der Waals surface area (Å²) in [4.78, 5) is 31.8. The molecule has 2 heterocycles. The Morgan fingerprint density at radius 2 is 1.84 bits per heavy atom. The molecule has 1 aliphatic carbocycles. The van der Waals surface area contributed by atoms with Crippen LogP contribution in [0.5, 0.6) is 0 Å². The zero-order valence-corrected chi connectivity index (χ0v) is 16.1. The Bertz CT molecular complexity index is 573. The van der Waals surface area contributed by atoms with Crippen LogP contribution in [-0.2, 0) is 4.79 Å². The second kappa shape index (κ2) is 8.32. The molecule has 1 aromatic rings. The van der Waals surface area contributed by atoms with Gasteiger partial charge in [-0.05, 0) is 43.0 Å². The molecule has 2 amide bonds. The van der Waals surface area contributed by atoms with E-state index >= 15 is 0 Å². The van der Waals surface area contributed by atoms with Crippen molar-refractivity contribution in [1.29, 1.82) is 0 Å². The van der Waals surface area contributed by atoms with E-state index in [0.29, 0.717) is 25.7 Å². The van der Waals surface area contributed by atoms with Gasteiger partial charge in [-0.15, -0.1) is 11.3 Å². The summed E-state index contributed by atoms with van der Waals surface area (Å²) in [7, 11) is 1.96. The quantitative estimate of drug-likeness (QED) is 0.826. The number of likely N-dealkylation sites (N-methyl/N-ethyl adjacent to an activating group) is 1. The van der Waals surface area contributed by atoms with Crippen LogP contribution >= 0.6 is 11.3 Å². The van der Waals surface area contributed by atoms with Crippen LogP contribution in [0.2, 0.25) is 0 Å². The molecule has 1 saturated heterocycles. The Balaban J connectivity index is 1.44. The first-order chi connectivity index (χ1) is 12.0. The molecule has 0 bridgehead atoms. The van der Waals surface area contributed by atoms with E-state index in [2.05, 4.69) is 11.8 Å². The fraction of sp³-hybridized carbons (Fsp3) is 0.684. The highest BCUT2D eigenvalue weighted by molar-refractivity contribution is 7.12. The Labute approximate surface area is 154 Å². The summed E-state index contributed by atoms with van der Waals surface area (Å²) < 4.78 is 0.